The second-order valence-corrected chi connectivity index (χ2v) is 7.92. The highest BCUT2D eigenvalue weighted by atomic mass is 19.1. The highest BCUT2D eigenvalue weighted by Crippen LogP contribution is 2.24. The van der Waals surface area contributed by atoms with Crippen molar-refractivity contribution >= 4 is 17.5 Å². The Morgan fingerprint density at radius 2 is 1.83 bits per heavy atom. The zero-order valence-corrected chi connectivity index (χ0v) is 16.7. The maximum atomic E-state index is 13.9. The van der Waals surface area contributed by atoms with Crippen LogP contribution >= 0.6 is 0 Å². The molecule has 6 heteroatoms. The van der Waals surface area contributed by atoms with Crippen LogP contribution in [0, 0.1) is 18.7 Å². The largest absolute Gasteiger partial charge is 0.368 e. The SMILES string of the molecule is Cc1cccc(N2CCN(C(=O)C3CC(=O)N(Cc4ccccc4F)C3)CC2)c1. The highest BCUT2D eigenvalue weighted by molar-refractivity contribution is 5.89. The van der Waals surface area contributed by atoms with Gasteiger partial charge < -0.3 is 14.7 Å². The minimum Gasteiger partial charge on any atom is -0.368 e. The first-order valence-electron chi connectivity index (χ1n) is 10.1. The van der Waals surface area contributed by atoms with Gasteiger partial charge in [-0.1, -0.05) is 30.3 Å². The predicted octanol–water partition coefficient (Wildman–Crippen LogP) is 2.83. The first-order chi connectivity index (χ1) is 14.0. The second kappa shape index (κ2) is 8.23. The smallest absolute Gasteiger partial charge is 0.228 e. The lowest BCUT2D eigenvalue weighted by molar-refractivity contribution is -0.136. The van der Waals surface area contributed by atoms with Crippen LogP contribution in [0.4, 0.5) is 10.1 Å². The molecular formula is C23H26FN3O2. The van der Waals surface area contributed by atoms with Crippen molar-refractivity contribution in [1.82, 2.24) is 9.80 Å². The zero-order chi connectivity index (χ0) is 20.4. The number of aryl methyl sites for hydroxylation is 1. The van der Waals surface area contributed by atoms with Crippen molar-refractivity contribution in [1.29, 1.82) is 0 Å². The summed E-state index contributed by atoms with van der Waals surface area (Å²) in [4.78, 5) is 31.1. The van der Waals surface area contributed by atoms with Gasteiger partial charge in [-0.05, 0) is 30.7 Å². The minimum absolute atomic E-state index is 0.0401. The third-order valence-corrected chi connectivity index (χ3v) is 5.84. The fourth-order valence-corrected chi connectivity index (χ4v) is 4.19. The average molecular weight is 395 g/mol. The van der Waals surface area contributed by atoms with Crippen molar-refractivity contribution in [2.45, 2.75) is 19.9 Å². The molecule has 2 aromatic rings. The molecule has 2 saturated heterocycles. The topological polar surface area (TPSA) is 43.9 Å². The number of anilines is 1. The molecule has 2 fully saturated rings. The van der Waals surface area contributed by atoms with E-state index in [4.69, 9.17) is 0 Å². The van der Waals surface area contributed by atoms with Crippen molar-refractivity contribution in [3.63, 3.8) is 0 Å². The van der Waals surface area contributed by atoms with Gasteiger partial charge in [0.1, 0.15) is 5.82 Å². The molecular weight excluding hydrogens is 369 g/mol. The van der Waals surface area contributed by atoms with Gasteiger partial charge in [-0.2, -0.15) is 0 Å². The Kier molecular flexibility index (Phi) is 5.51. The molecule has 0 aromatic heterocycles. The first kappa shape index (κ1) is 19.4. The Hall–Kier alpha value is -2.89. The molecule has 2 aromatic carbocycles. The molecule has 2 aliphatic heterocycles. The van der Waals surface area contributed by atoms with Gasteiger partial charge in [0.25, 0.3) is 0 Å². The number of carbonyl (C=O) groups excluding carboxylic acids is 2. The summed E-state index contributed by atoms with van der Waals surface area (Å²) in [5, 5.41) is 0. The van der Waals surface area contributed by atoms with Crippen LogP contribution in [0.15, 0.2) is 48.5 Å². The van der Waals surface area contributed by atoms with E-state index in [1.54, 1.807) is 23.1 Å². The fraction of sp³-hybridized carbons (Fsp3) is 0.391. The summed E-state index contributed by atoms with van der Waals surface area (Å²) in [5.41, 5.74) is 2.89. The summed E-state index contributed by atoms with van der Waals surface area (Å²) in [6.45, 7) is 5.55. The molecule has 0 aliphatic carbocycles. The third kappa shape index (κ3) is 4.26. The number of hydrogen-bond donors (Lipinski definition) is 0. The Balaban J connectivity index is 1.33. The monoisotopic (exact) mass is 395 g/mol. The van der Waals surface area contributed by atoms with Crippen LogP contribution in [0.25, 0.3) is 0 Å². The molecule has 2 heterocycles. The van der Waals surface area contributed by atoms with E-state index in [0.717, 1.165) is 13.1 Å². The van der Waals surface area contributed by atoms with Crippen LogP contribution in [-0.2, 0) is 16.1 Å². The maximum Gasteiger partial charge on any atom is 0.228 e. The van der Waals surface area contributed by atoms with Gasteiger partial charge in [-0.3, -0.25) is 9.59 Å². The number of carbonyl (C=O) groups is 2. The number of halogens is 1. The molecule has 4 rings (SSSR count). The Bertz CT molecular complexity index is 909. The standard InChI is InChI=1S/C23H26FN3O2/c1-17-5-4-7-20(13-17)25-9-11-26(12-10-25)23(29)19-14-22(28)27(16-19)15-18-6-2-3-8-21(18)24/h2-8,13,19H,9-12,14-16H2,1H3. The van der Waals surface area contributed by atoms with Gasteiger partial charge in [-0.25, -0.2) is 4.39 Å². The van der Waals surface area contributed by atoms with E-state index < -0.39 is 0 Å². The number of amides is 2. The average Bonchev–Trinajstić information content (AvgIpc) is 3.09. The summed E-state index contributed by atoms with van der Waals surface area (Å²) in [7, 11) is 0. The van der Waals surface area contributed by atoms with Gasteiger partial charge >= 0.3 is 0 Å². The van der Waals surface area contributed by atoms with Crippen LogP contribution < -0.4 is 4.90 Å². The molecule has 1 atom stereocenters. The number of nitrogens with zero attached hydrogens (tertiary/aromatic N) is 3. The van der Waals surface area contributed by atoms with Crippen molar-refractivity contribution < 1.29 is 14.0 Å². The van der Waals surface area contributed by atoms with E-state index in [2.05, 4.69) is 36.1 Å². The molecule has 0 saturated carbocycles. The van der Waals surface area contributed by atoms with Crippen LogP contribution in [0.5, 0.6) is 0 Å². The normalized spacial score (nSPS) is 19.7. The molecule has 5 nitrogen and oxygen atoms in total. The summed E-state index contributed by atoms with van der Waals surface area (Å²) >= 11 is 0. The van der Waals surface area contributed by atoms with E-state index in [-0.39, 0.29) is 36.5 Å². The van der Waals surface area contributed by atoms with Crippen molar-refractivity contribution in [2.75, 3.05) is 37.6 Å². The molecule has 152 valence electrons. The summed E-state index contributed by atoms with van der Waals surface area (Å²) in [6.07, 6.45) is 0.214. The molecule has 0 bridgehead atoms. The second-order valence-electron chi connectivity index (χ2n) is 7.92. The molecule has 0 spiro atoms. The Morgan fingerprint density at radius 1 is 1.07 bits per heavy atom. The van der Waals surface area contributed by atoms with Gasteiger partial charge in [0.05, 0.1) is 5.92 Å². The Labute approximate surface area is 170 Å². The number of benzene rings is 2. The van der Waals surface area contributed by atoms with Crippen LogP contribution in [-0.4, -0.2) is 54.3 Å². The van der Waals surface area contributed by atoms with Crippen molar-refractivity contribution in [2.24, 2.45) is 5.92 Å². The summed E-state index contributed by atoms with van der Waals surface area (Å²) < 4.78 is 13.9. The van der Waals surface area contributed by atoms with E-state index in [1.165, 1.54) is 17.3 Å². The zero-order valence-electron chi connectivity index (χ0n) is 16.7. The molecule has 2 amide bonds. The van der Waals surface area contributed by atoms with Gasteiger partial charge in [0.15, 0.2) is 0 Å². The van der Waals surface area contributed by atoms with Gasteiger partial charge in [0, 0.05) is 56.9 Å². The fourth-order valence-electron chi connectivity index (χ4n) is 4.19. The third-order valence-electron chi connectivity index (χ3n) is 5.84. The van der Waals surface area contributed by atoms with Crippen molar-refractivity contribution in [3.05, 3.63) is 65.5 Å². The van der Waals surface area contributed by atoms with E-state index in [0.29, 0.717) is 25.2 Å². The highest BCUT2D eigenvalue weighted by Gasteiger charge is 2.37. The van der Waals surface area contributed by atoms with E-state index in [9.17, 15) is 14.0 Å². The number of likely N-dealkylation sites (tertiary alicyclic amines) is 1. The van der Waals surface area contributed by atoms with Crippen LogP contribution in [0.1, 0.15) is 17.5 Å². The van der Waals surface area contributed by atoms with Crippen molar-refractivity contribution in [3.8, 4) is 0 Å². The first-order valence-corrected chi connectivity index (χ1v) is 10.1. The number of hydrogen-bond acceptors (Lipinski definition) is 3. The predicted molar refractivity (Wildman–Crippen MR) is 110 cm³/mol. The minimum atomic E-state index is -0.334. The number of rotatable bonds is 4. The van der Waals surface area contributed by atoms with Crippen LogP contribution in [0.3, 0.4) is 0 Å². The molecule has 0 N–H and O–H groups in total. The summed E-state index contributed by atoms with van der Waals surface area (Å²) in [5.74, 6) is -0.689. The molecule has 29 heavy (non-hydrogen) atoms. The van der Waals surface area contributed by atoms with Crippen LogP contribution in [0.2, 0.25) is 0 Å². The lowest BCUT2D eigenvalue weighted by atomic mass is 10.1. The molecule has 1 unspecified atom stereocenters. The summed E-state index contributed by atoms with van der Waals surface area (Å²) in [6, 6.07) is 14.9. The lowest BCUT2D eigenvalue weighted by Gasteiger charge is -2.37. The van der Waals surface area contributed by atoms with E-state index >= 15 is 0 Å². The number of piperazine rings is 1. The molecule has 0 radical (unpaired) electrons. The van der Waals surface area contributed by atoms with Gasteiger partial charge in [0.2, 0.25) is 11.8 Å². The maximum absolute atomic E-state index is 13.9. The quantitative estimate of drug-likeness (QED) is 0.800. The van der Waals surface area contributed by atoms with Gasteiger partial charge in [-0.15, -0.1) is 0 Å². The molecule has 2 aliphatic rings. The van der Waals surface area contributed by atoms with E-state index in [1.807, 2.05) is 4.90 Å². The lowest BCUT2D eigenvalue weighted by Crippen LogP contribution is -2.50. The Morgan fingerprint density at radius 3 is 2.55 bits per heavy atom.